The number of hydrogen-bond donors (Lipinski definition) is 1. The summed E-state index contributed by atoms with van der Waals surface area (Å²) in [7, 11) is 0. The van der Waals surface area contributed by atoms with Crippen LogP contribution in [0.1, 0.15) is 20.8 Å². The topological polar surface area (TPSA) is 112 Å². The molecule has 11 heteroatoms. The summed E-state index contributed by atoms with van der Waals surface area (Å²) in [5.74, 6) is 1.02. The van der Waals surface area contributed by atoms with Crippen molar-refractivity contribution in [2.24, 2.45) is 0 Å². The highest BCUT2D eigenvalue weighted by atomic mass is 32.1. The molecule has 1 N–H and O–H groups in total. The maximum atomic E-state index is 10.7. The number of rotatable bonds is 8. The zero-order valence-electron chi connectivity index (χ0n) is 14.1. The van der Waals surface area contributed by atoms with E-state index in [-0.39, 0.29) is 18.7 Å². The quantitative estimate of drug-likeness (QED) is 0.528. The van der Waals surface area contributed by atoms with E-state index >= 15 is 0 Å². The molecule has 1 fully saturated rings. The van der Waals surface area contributed by atoms with Gasteiger partial charge in [-0.3, -0.25) is 0 Å². The zero-order chi connectivity index (χ0) is 17.6. The highest BCUT2D eigenvalue weighted by Gasteiger charge is 2.23. The van der Waals surface area contributed by atoms with Crippen LogP contribution in [0, 0.1) is 10.1 Å². The second-order valence-corrected chi connectivity index (χ2v) is 6.91. The van der Waals surface area contributed by atoms with E-state index in [1.54, 1.807) is 0 Å². The second kappa shape index (κ2) is 8.40. The Hall–Kier alpha value is -1.72. The van der Waals surface area contributed by atoms with Crippen LogP contribution in [0.4, 0.5) is 5.82 Å². The lowest BCUT2D eigenvalue weighted by atomic mass is 10.1. The van der Waals surface area contributed by atoms with Crippen molar-refractivity contribution in [3.05, 3.63) is 10.1 Å². The fourth-order valence-corrected chi connectivity index (χ4v) is 2.60. The van der Waals surface area contributed by atoms with Crippen molar-refractivity contribution in [3.63, 3.8) is 0 Å². The molecule has 0 unspecified atom stereocenters. The molecular formula is C13H23N5O5S. The molecule has 136 valence electrons. The Bertz CT molecular complexity index is 529. The zero-order valence-corrected chi connectivity index (χ0v) is 14.9. The summed E-state index contributed by atoms with van der Waals surface area (Å²) >= 11 is 1.05. The minimum absolute atomic E-state index is 0.00676. The summed E-state index contributed by atoms with van der Waals surface area (Å²) in [4.78, 5) is 17.4. The van der Waals surface area contributed by atoms with E-state index in [4.69, 9.17) is 9.47 Å². The van der Waals surface area contributed by atoms with Gasteiger partial charge in [0.15, 0.2) is 6.10 Å². The molecule has 0 saturated carbocycles. The summed E-state index contributed by atoms with van der Waals surface area (Å²) in [5.41, 5.74) is -0.181. The normalized spacial score (nSPS) is 16.7. The SMILES string of the molecule is CC(C)(C)NC[C@@H](COc1nsnc1N1CCOCC1)O[N+](=O)[O-]. The first kappa shape index (κ1) is 18.6. The maximum absolute atomic E-state index is 10.7. The number of nitrogens with one attached hydrogen (secondary N) is 1. The van der Waals surface area contributed by atoms with Crippen LogP contribution in [0.5, 0.6) is 5.88 Å². The molecule has 0 bridgehead atoms. The smallest absolute Gasteiger partial charge is 0.294 e. The number of anilines is 1. The molecule has 1 saturated heterocycles. The van der Waals surface area contributed by atoms with Crippen LogP contribution in [0.25, 0.3) is 0 Å². The van der Waals surface area contributed by atoms with Crippen LogP contribution in [-0.4, -0.2) is 64.9 Å². The number of aromatic nitrogens is 2. The van der Waals surface area contributed by atoms with E-state index < -0.39 is 11.2 Å². The fraction of sp³-hybridized carbons (Fsp3) is 0.846. The third-order valence-corrected chi connectivity index (χ3v) is 3.76. The Balaban J connectivity index is 1.93. The van der Waals surface area contributed by atoms with Crippen LogP contribution >= 0.6 is 11.7 Å². The average molecular weight is 361 g/mol. The molecule has 1 aliphatic rings. The van der Waals surface area contributed by atoms with Crippen LogP contribution < -0.4 is 15.0 Å². The molecule has 0 amide bonds. The van der Waals surface area contributed by atoms with Crippen molar-refractivity contribution in [2.75, 3.05) is 44.4 Å². The van der Waals surface area contributed by atoms with Gasteiger partial charge in [0.05, 0.1) is 24.9 Å². The van der Waals surface area contributed by atoms with Crippen LogP contribution in [0.3, 0.4) is 0 Å². The van der Waals surface area contributed by atoms with E-state index in [9.17, 15) is 10.1 Å². The molecule has 1 atom stereocenters. The van der Waals surface area contributed by atoms with Crippen molar-refractivity contribution >= 4 is 17.5 Å². The third kappa shape index (κ3) is 6.06. The molecule has 0 aliphatic carbocycles. The van der Waals surface area contributed by atoms with Gasteiger partial charge in [0.2, 0.25) is 5.82 Å². The minimum Gasteiger partial charge on any atom is -0.472 e. The summed E-state index contributed by atoms with van der Waals surface area (Å²) in [6.45, 7) is 8.87. The van der Waals surface area contributed by atoms with Gasteiger partial charge < -0.3 is 24.5 Å². The molecular weight excluding hydrogens is 338 g/mol. The van der Waals surface area contributed by atoms with E-state index in [0.717, 1.165) is 11.7 Å². The highest BCUT2D eigenvalue weighted by molar-refractivity contribution is 6.99. The van der Waals surface area contributed by atoms with Crippen LogP contribution in [0.15, 0.2) is 0 Å². The van der Waals surface area contributed by atoms with Crippen molar-refractivity contribution in [2.45, 2.75) is 32.4 Å². The van der Waals surface area contributed by atoms with Crippen molar-refractivity contribution in [1.82, 2.24) is 14.1 Å². The van der Waals surface area contributed by atoms with Crippen LogP contribution in [-0.2, 0) is 9.57 Å². The molecule has 1 aromatic rings. The molecule has 2 heterocycles. The lowest BCUT2D eigenvalue weighted by Gasteiger charge is -2.27. The van der Waals surface area contributed by atoms with E-state index in [2.05, 4.69) is 18.9 Å². The predicted octanol–water partition coefficient (Wildman–Crippen LogP) is 0.719. The average Bonchev–Trinajstić information content (AvgIpc) is 2.98. The van der Waals surface area contributed by atoms with E-state index in [1.807, 2.05) is 25.7 Å². The molecule has 1 aromatic heterocycles. The molecule has 0 radical (unpaired) electrons. The fourth-order valence-electron chi connectivity index (χ4n) is 2.08. The van der Waals surface area contributed by atoms with Crippen LogP contribution in [0.2, 0.25) is 0 Å². The molecule has 10 nitrogen and oxygen atoms in total. The summed E-state index contributed by atoms with van der Waals surface area (Å²) in [5, 5.41) is 13.0. The lowest BCUT2D eigenvalue weighted by molar-refractivity contribution is -0.768. The van der Waals surface area contributed by atoms with Gasteiger partial charge in [0, 0.05) is 25.2 Å². The van der Waals surface area contributed by atoms with Gasteiger partial charge >= 0.3 is 0 Å². The van der Waals surface area contributed by atoms with E-state index in [1.165, 1.54) is 0 Å². The van der Waals surface area contributed by atoms with Crippen molar-refractivity contribution in [3.8, 4) is 5.88 Å². The van der Waals surface area contributed by atoms with Gasteiger partial charge in [-0.1, -0.05) is 0 Å². The molecule has 24 heavy (non-hydrogen) atoms. The minimum atomic E-state index is -0.805. The first-order chi connectivity index (χ1) is 11.3. The van der Waals surface area contributed by atoms with Gasteiger partial charge in [-0.25, -0.2) is 0 Å². The Kier molecular flexibility index (Phi) is 6.52. The first-order valence-electron chi connectivity index (χ1n) is 7.69. The van der Waals surface area contributed by atoms with Crippen molar-refractivity contribution in [1.29, 1.82) is 0 Å². The Morgan fingerprint density at radius 3 is 2.75 bits per heavy atom. The van der Waals surface area contributed by atoms with Gasteiger partial charge in [-0.15, -0.1) is 14.5 Å². The maximum Gasteiger partial charge on any atom is 0.294 e. The predicted molar refractivity (Wildman–Crippen MR) is 88.1 cm³/mol. The van der Waals surface area contributed by atoms with Gasteiger partial charge in [0.25, 0.3) is 11.0 Å². The monoisotopic (exact) mass is 361 g/mol. The first-order valence-corrected chi connectivity index (χ1v) is 8.42. The molecule has 1 aliphatic heterocycles. The molecule has 0 spiro atoms. The molecule has 0 aromatic carbocycles. The Labute approximate surface area is 144 Å². The third-order valence-electron chi connectivity index (χ3n) is 3.25. The standard InChI is InChI=1S/C13H23N5O5S/c1-13(2,3)14-8-10(23-18(19)20)9-22-12-11(15-24-16-12)17-4-6-21-7-5-17/h10,14H,4-9H2,1-3H3/t10-/m0/s1. The highest BCUT2D eigenvalue weighted by Crippen LogP contribution is 2.26. The number of ether oxygens (including phenoxy) is 2. The summed E-state index contributed by atoms with van der Waals surface area (Å²) in [6.07, 6.45) is -0.738. The van der Waals surface area contributed by atoms with Gasteiger partial charge in [-0.05, 0) is 20.8 Å². The van der Waals surface area contributed by atoms with Crippen molar-refractivity contribution < 1.29 is 19.4 Å². The summed E-state index contributed by atoms with van der Waals surface area (Å²) < 4.78 is 19.3. The summed E-state index contributed by atoms with van der Waals surface area (Å²) in [6, 6.07) is 0. The van der Waals surface area contributed by atoms with E-state index in [0.29, 0.717) is 38.0 Å². The van der Waals surface area contributed by atoms with Gasteiger partial charge in [-0.2, -0.15) is 4.37 Å². The van der Waals surface area contributed by atoms with Gasteiger partial charge in [0.1, 0.15) is 6.61 Å². The second-order valence-electron chi connectivity index (χ2n) is 6.39. The number of morpholine rings is 1. The Morgan fingerprint density at radius 2 is 2.12 bits per heavy atom. The Morgan fingerprint density at radius 1 is 1.42 bits per heavy atom. The number of hydrogen-bond acceptors (Lipinski definition) is 10. The number of nitrogens with zero attached hydrogens (tertiary/aromatic N) is 4. The lowest BCUT2D eigenvalue weighted by Crippen LogP contribution is -2.44. The molecule has 2 rings (SSSR count). The largest absolute Gasteiger partial charge is 0.472 e.